The first-order valence-corrected chi connectivity index (χ1v) is 4.93. The summed E-state index contributed by atoms with van der Waals surface area (Å²) in [7, 11) is 2.10. The van der Waals surface area contributed by atoms with E-state index in [0.29, 0.717) is 0 Å². The number of allylic oxidation sites excluding steroid dienone is 1. The van der Waals surface area contributed by atoms with E-state index in [1.807, 2.05) is 29.8 Å². The molecular formula is C8H14IN3. The van der Waals surface area contributed by atoms with Gasteiger partial charge in [0.2, 0.25) is 0 Å². The highest BCUT2D eigenvalue weighted by molar-refractivity contribution is 14.1. The molecule has 0 bridgehead atoms. The van der Waals surface area contributed by atoms with E-state index in [9.17, 15) is 0 Å². The second-order valence-electron chi connectivity index (χ2n) is 3.18. The molecule has 0 aromatic heterocycles. The van der Waals surface area contributed by atoms with Crippen molar-refractivity contribution in [1.82, 2.24) is 4.90 Å². The molecule has 3 nitrogen and oxygen atoms in total. The highest BCUT2D eigenvalue weighted by Gasteiger charge is 2.17. The minimum atomic E-state index is 0.915. The highest BCUT2D eigenvalue weighted by atomic mass is 127. The van der Waals surface area contributed by atoms with Crippen LogP contribution in [-0.2, 0) is 0 Å². The lowest BCUT2D eigenvalue weighted by atomic mass is 10.0. The van der Waals surface area contributed by atoms with Crippen molar-refractivity contribution in [2.45, 2.75) is 13.3 Å². The van der Waals surface area contributed by atoms with Gasteiger partial charge in [0.25, 0.3) is 0 Å². The van der Waals surface area contributed by atoms with Crippen LogP contribution in [0.15, 0.2) is 14.5 Å². The second-order valence-corrected chi connectivity index (χ2v) is 3.66. The molecule has 0 radical (unpaired) electrons. The summed E-state index contributed by atoms with van der Waals surface area (Å²) in [6.07, 6.45) is 1.03. The van der Waals surface area contributed by atoms with E-state index >= 15 is 0 Å². The van der Waals surface area contributed by atoms with Crippen LogP contribution < -0.4 is 5.73 Å². The van der Waals surface area contributed by atoms with E-state index in [2.05, 4.69) is 15.2 Å². The maximum Gasteiger partial charge on any atom is 0.0834 e. The fraction of sp³-hybridized carbons (Fsp3) is 0.625. The number of halogens is 1. The normalized spacial score (nSPS) is 27.8. The molecule has 0 amide bonds. The van der Waals surface area contributed by atoms with Gasteiger partial charge in [0, 0.05) is 18.8 Å². The molecular weight excluding hydrogens is 265 g/mol. The zero-order valence-corrected chi connectivity index (χ0v) is 9.63. The number of piperidine rings is 1. The van der Waals surface area contributed by atoms with Gasteiger partial charge in [-0.1, -0.05) is 0 Å². The molecule has 0 unspecified atom stereocenters. The van der Waals surface area contributed by atoms with Crippen LogP contribution in [0.25, 0.3) is 0 Å². The van der Waals surface area contributed by atoms with E-state index in [-0.39, 0.29) is 0 Å². The van der Waals surface area contributed by atoms with Gasteiger partial charge in [-0.15, -0.1) is 0 Å². The molecule has 1 fully saturated rings. The van der Waals surface area contributed by atoms with Crippen LogP contribution in [0.3, 0.4) is 0 Å². The van der Waals surface area contributed by atoms with Gasteiger partial charge >= 0.3 is 0 Å². The highest BCUT2D eigenvalue weighted by Crippen LogP contribution is 2.16. The van der Waals surface area contributed by atoms with Gasteiger partial charge < -0.3 is 10.6 Å². The van der Waals surface area contributed by atoms with E-state index in [1.54, 1.807) is 0 Å². The third-order valence-corrected chi connectivity index (χ3v) is 2.67. The molecule has 0 aromatic rings. The molecule has 4 heteroatoms. The smallest absolute Gasteiger partial charge is 0.0834 e. The topological polar surface area (TPSA) is 41.6 Å². The summed E-state index contributed by atoms with van der Waals surface area (Å²) in [5.74, 6) is 0. The third-order valence-electron chi connectivity index (χ3n) is 2.09. The lowest BCUT2D eigenvalue weighted by Crippen LogP contribution is -2.34. The van der Waals surface area contributed by atoms with Gasteiger partial charge in [-0.25, -0.2) is 3.21 Å². The Morgan fingerprint density at radius 1 is 1.67 bits per heavy atom. The SMILES string of the molecule is C/C(N)=C1\CCN(C)C\C1=N\I. The average molecular weight is 279 g/mol. The summed E-state index contributed by atoms with van der Waals surface area (Å²) in [5.41, 5.74) is 9.04. The Morgan fingerprint density at radius 3 is 2.83 bits per heavy atom. The zero-order chi connectivity index (χ0) is 9.14. The quantitative estimate of drug-likeness (QED) is 0.680. The van der Waals surface area contributed by atoms with Gasteiger partial charge in [-0.3, -0.25) is 0 Å². The molecule has 1 aliphatic heterocycles. The third kappa shape index (κ3) is 2.20. The number of hydrogen-bond donors (Lipinski definition) is 1. The zero-order valence-electron chi connectivity index (χ0n) is 7.47. The summed E-state index contributed by atoms with van der Waals surface area (Å²) >= 11 is 2.04. The first-order chi connectivity index (χ1) is 5.65. The van der Waals surface area contributed by atoms with E-state index in [1.165, 1.54) is 5.57 Å². The molecule has 1 aliphatic rings. The monoisotopic (exact) mass is 279 g/mol. The molecule has 12 heavy (non-hydrogen) atoms. The molecule has 1 saturated heterocycles. The lowest BCUT2D eigenvalue weighted by Gasteiger charge is -2.26. The Hall–Kier alpha value is -0.100. The number of hydrogen-bond acceptors (Lipinski definition) is 3. The second kappa shape index (κ2) is 4.23. The summed E-state index contributed by atoms with van der Waals surface area (Å²) in [5, 5.41) is 0. The molecule has 0 spiro atoms. The summed E-state index contributed by atoms with van der Waals surface area (Å²) < 4.78 is 4.21. The van der Waals surface area contributed by atoms with Gasteiger partial charge in [-0.2, -0.15) is 0 Å². The van der Waals surface area contributed by atoms with Gasteiger partial charge in [0.05, 0.1) is 28.6 Å². The van der Waals surface area contributed by atoms with Crippen molar-refractivity contribution in [3.8, 4) is 0 Å². The van der Waals surface area contributed by atoms with Crippen LogP contribution in [0.5, 0.6) is 0 Å². The van der Waals surface area contributed by atoms with Crippen LogP contribution in [0.1, 0.15) is 13.3 Å². The van der Waals surface area contributed by atoms with Crippen molar-refractivity contribution < 1.29 is 0 Å². The maximum absolute atomic E-state index is 5.76. The average Bonchev–Trinajstić information content (AvgIpc) is 2.03. The van der Waals surface area contributed by atoms with Crippen molar-refractivity contribution in [2.24, 2.45) is 8.94 Å². The van der Waals surface area contributed by atoms with Crippen LogP contribution in [-0.4, -0.2) is 30.7 Å². The Bertz CT molecular complexity index is 228. The Morgan fingerprint density at radius 2 is 2.33 bits per heavy atom. The molecule has 1 rings (SSSR count). The van der Waals surface area contributed by atoms with Crippen molar-refractivity contribution in [3.05, 3.63) is 11.3 Å². The molecule has 0 aliphatic carbocycles. The van der Waals surface area contributed by atoms with Gasteiger partial charge in [0.1, 0.15) is 0 Å². The fourth-order valence-corrected chi connectivity index (χ4v) is 1.82. The van der Waals surface area contributed by atoms with E-state index in [4.69, 9.17) is 5.73 Å². The minimum absolute atomic E-state index is 0.915. The Balaban J connectivity index is 2.85. The Labute approximate surface area is 87.2 Å². The number of nitrogens with two attached hydrogens (primary N) is 1. The molecule has 0 aromatic carbocycles. The molecule has 2 N–H and O–H groups in total. The summed E-state index contributed by atoms with van der Waals surface area (Å²) in [6, 6.07) is 0. The standard InChI is InChI=1S/C8H14IN3/c1-6(10)7-3-4-12(2)5-8(7)11-9/h3-5,10H2,1-2H3/b7-6-,11-8-. The van der Waals surface area contributed by atoms with Gasteiger partial charge in [0.15, 0.2) is 0 Å². The minimum Gasteiger partial charge on any atom is -0.402 e. The first kappa shape index (κ1) is 9.98. The van der Waals surface area contributed by atoms with E-state index in [0.717, 1.165) is 30.9 Å². The predicted octanol–water partition coefficient (Wildman–Crippen LogP) is 1.35. The van der Waals surface area contributed by atoms with Crippen molar-refractivity contribution in [3.63, 3.8) is 0 Å². The van der Waals surface area contributed by atoms with Crippen molar-refractivity contribution >= 4 is 28.6 Å². The first-order valence-electron chi connectivity index (χ1n) is 3.97. The van der Waals surface area contributed by atoms with E-state index < -0.39 is 0 Å². The lowest BCUT2D eigenvalue weighted by molar-refractivity contribution is 0.373. The van der Waals surface area contributed by atoms with Crippen LogP contribution in [0.2, 0.25) is 0 Å². The largest absolute Gasteiger partial charge is 0.402 e. The van der Waals surface area contributed by atoms with Crippen LogP contribution >= 0.6 is 22.9 Å². The fourth-order valence-electron chi connectivity index (χ4n) is 1.38. The summed E-state index contributed by atoms with van der Waals surface area (Å²) in [6.45, 7) is 3.95. The number of nitrogens with zero attached hydrogens (tertiary/aromatic N) is 2. The summed E-state index contributed by atoms with van der Waals surface area (Å²) in [4.78, 5) is 2.25. The number of rotatable bonds is 0. The molecule has 1 heterocycles. The molecule has 68 valence electrons. The molecule has 0 atom stereocenters. The van der Waals surface area contributed by atoms with Gasteiger partial charge in [-0.05, 0) is 26.0 Å². The van der Waals surface area contributed by atoms with Crippen molar-refractivity contribution in [1.29, 1.82) is 0 Å². The van der Waals surface area contributed by atoms with Crippen LogP contribution in [0, 0.1) is 0 Å². The molecule has 0 saturated carbocycles. The predicted molar refractivity (Wildman–Crippen MR) is 60.5 cm³/mol. The Kier molecular flexibility index (Phi) is 3.52. The van der Waals surface area contributed by atoms with Crippen LogP contribution in [0.4, 0.5) is 0 Å². The van der Waals surface area contributed by atoms with Crippen molar-refractivity contribution in [2.75, 3.05) is 20.1 Å². The number of likely N-dealkylation sites (tertiary alicyclic amines) is 1. The maximum atomic E-state index is 5.76.